The highest BCUT2D eigenvalue weighted by Crippen LogP contribution is 2.07. The molecule has 0 aliphatic heterocycles. The molecule has 0 N–H and O–H groups in total. The number of carbonyl (C=O) groups excluding carboxylic acids is 1. The molecular weight excluding hydrogens is 182 g/mol. The number of nitrogens with zero attached hydrogens (tertiary/aromatic N) is 3. The lowest BCUT2D eigenvalue weighted by atomic mass is 10.3. The lowest BCUT2D eigenvalue weighted by Crippen LogP contribution is -2.04. The van der Waals surface area contributed by atoms with Crippen LogP contribution in [-0.2, 0) is 4.74 Å². The van der Waals surface area contributed by atoms with Crippen molar-refractivity contribution in [3.63, 3.8) is 0 Å². The second kappa shape index (κ2) is 3.37. The number of aromatic nitrogens is 3. The molecule has 14 heavy (non-hydrogen) atoms. The first-order chi connectivity index (χ1) is 6.81. The van der Waals surface area contributed by atoms with E-state index in [2.05, 4.69) is 19.7 Å². The van der Waals surface area contributed by atoms with Crippen molar-refractivity contribution in [1.82, 2.24) is 15.0 Å². The van der Waals surface area contributed by atoms with Gasteiger partial charge in [0.05, 0.1) is 25.0 Å². The van der Waals surface area contributed by atoms with Gasteiger partial charge in [0.25, 0.3) is 0 Å². The van der Waals surface area contributed by atoms with Gasteiger partial charge in [-0.05, 0) is 6.07 Å². The second-order valence-corrected chi connectivity index (χ2v) is 2.61. The van der Waals surface area contributed by atoms with E-state index in [1.807, 2.05) is 0 Å². The number of hydrogen-bond donors (Lipinski definition) is 0. The molecule has 0 spiro atoms. The molecule has 5 nitrogen and oxygen atoms in total. The van der Waals surface area contributed by atoms with Gasteiger partial charge in [0.2, 0.25) is 0 Å². The van der Waals surface area contributed by atoms with Crippen molar-refractivity contribution < 1.29 is 9.53 Å². The molecule has 2 aromatic rings. The smallest absolute Gasteiger partial charge is 0.358 e. The molecule has 0 unspecified atom stereocenters. The number of rotatable bonds is 1. The second-order valence-electron chi connectivity index (χ2n) is 2.61. The van der Waals surface area contributed by atoms with Gasteiger partial charge in [0.15, 0.2) is 5.69 Å². The van der Waals surface area contributed by atoms with E-state index in [1.54, 1.807) is 18.5 Å². The quantitative estimate of drug-likeness (QED) is 0.621. The van der Waals surface area contributed by atoms with E-state index in [-0.39, 0.29) is 5.69 Å². The third-order valence-corrected chi connectivity index (χ3v) is 1.74. The molecule has 0 aliphatic carbocycles. The standard InChI is InChI=1S/C9H7N3O2/c1-14-9(13)8-5-11-7-4-10-3-2-6(7)12-8/h2-5H,1H3. The van der Waals surface area contributed by atoms with E-state index < -0.39 is 5.97 Å². The van der Waals surface area contributed by atoms with Crippen LogP contribution in [0.25, 0.3) is 11.0 Å². The first-order valence-electron chi connectivity index (χ1n) is 3.96. The van der Waals surface area contributed by atoms with Crippen molar-refractivity contribution in [3.05, 3.63) is 30.4 Å². The van der Waals surface area contributed by atoms with Gasteiger partial charge in [0, 0.05) is 6.20 Å². The molecule has 0 saturated carbocycles. The zero-order valence-electron chi connectivity index (χ0n) is 7.47. The van der Waals surface area contributed by atoms with Crippen molar-refractivity contribution >= 4 is 17.0 Å². The molecule has 0 aliphatic rings. The summed E-state index contributed by atoms with van der Waals surface area (Å²) in [4.78, 5) is 23.1. The third kappa shape index (κ3) is 1.39. The molecule has 2 aromatic heterocycles. The summed E-state index contributed by atoms with van der Waals surface area (Å²) < 4.78 is 4.53. The van der Waals surface area contributed by atoms with E-state index in [9.17, 15) is 4.79 Å². The average Bonchev–Trinajstić information content (AvgIpc) is 2.27. The highest BCUT2D eigenvalue weighted by molar-refractivity contribution is 5.89. The number of esters is 1. The maximum absolute atomic E-state index is 11.1. The predicted octanol–water partition coefficient (Wildman–Crippen LogP) is 0.811. The SMILES string of the molecule is COC(=O)c1cnc2cnccc2n1. The van der Waals surface area contributed by atoms with Crippen molar-refractivity contribution in [2.45, 2.75) is 0 Å². The third-order valence-electron chi connectivity index (χ3n) is 1.74. The minimum atomic E-state index is -0.490. The minimum Gasteiger partial charge on any atom is -0.464 e. The average molecular weight is 189 g/mol. The highest BCUT2D eigenvalue weighted by Gasteiger charge is 2.07. The molecule has 0 radical (unpaired) electrons. The number of carbonyl (C=O) groups is 1. The molecule has 0 atom stereocenters. The summed E-state index contributed by atoms with van der Waals surface area (Å²) >= 11 is 0. The molecule has 0 saturated heterocycles. The monoisotopic (exact) mass is 189 g/mol. The molecule has 2 rings (SSSR count). The minimum absolute atomic E-state index is 0.200. The van der Waals surface area contributed by atoms with Crippen molar-refractivity contribution in [3.8, 4) is 0 Å². The number of ether oxygens (including phenoxy) is 1. The van der Waals surface area contributed by atoms with E-state index in [0.717, 1.165) is 0 Å². The molecule has 0 aromatic carbocycles. The highest BCUT2D eigenvalue weighted by atomic mass is 16.5. The molecule has 0 amide bonds. The summed E-state index contributed by atoms with van der Waals surface area (Å²) in [6, 6.07) is 1.69. The number of pyridine rings is 1. The van der Waals surface area contributed by atoms with Gasteiger partial charge in [-0.15, -0.1) is 0 Å². The maximum atomic E-state index is 11.1. The number of fused-ring (bicyclic) bond motifs is 1. The van der Waals surface area contributed by atoms with Crippen LogP contribution in [0.15, 0.2) is 24.7 Å². The molecular formula is C9H7N3O2. The molecule has 0 fully saturated rings. The van der Waals surface area contributed by atoms with Crippen LogP contribution in [-0.4, -0.2) is 28.0 Å². The van der Waals surface area contributed by atoms with E-state index >= 15 is 0 Å². The van der Waals surface area contributed by atoms with Crippen LogP contribution in [0, 0.1) is 0 Å². The molecule has 5 heteroatoms. The van der Waals surface area contributed by atoms with Crippen molar-refractivity contribution in [2.24, 2.45) is 0 Å². The number of hydrogen-bond acceptors (Lipinski definition) is 5. The Morgan fingerprint density at radius 1 is 1.36 bits per heavy atom. The van der Waals surface area contributed by atoms with Crippen LogP contribution >= 0.6 is 0 Å². The predicted molar refractivity (Wildman–Crippen MR) is 48.7 cm³/mol. The van der Waals surface area contributed by atoms with Gasteiger partial charge in [0.1, 0.15) is 5.52 Å². The van der Waals surface area contributed by atoms with Gasteiger partial charge < -0.3 is 4.74 Å². The first kappa shape index (κ1) is 8.55. The summed E-state index contributed by atoms with van der Waals surface area (Å²) in [5.41, 5.74) is 1.48. The van der Waals surface area contributed by atoms with Crippen LogP contribution in [0.3, 0.4) is 0 Å². The van der Waals surface area contributed by atoms with Crippen molar-refractivity contribution in [1.29, 1.82) is 0 Å². The lowest BCUT2D eigenvalue weighted by molar-refractivity contribution is 0.0594. The van der Waals surface area contributed by atoms with Crippen LogP contribution in [0.4, 0.5) is 0 Å². The van der Waals surface area contributed by atoms with E-state index in [4.69, 9.17) is 0 Å². The topological polar surface area (TPSA) is 65.0 Å². The molecule has 2 heterocycles. The summed E-state index contributed by atoms with van der Waals surface area (Å²) in [5.74, 6) is -0.490. The van der Waals surface area contributed by atoms with Gasteiger partial charge >= 0.3 is 5.97 Å². The Balaban J connectivity index is 2.56. The zero-order valence-corrected chi connectivity index (χ0v) is 7.47. The summed E-state index contributed by atoms with van der Waals surface area (Å²) in [7, 11) is 1.31. The Kier molecular flexibility index (Phi) is 2.06. The Hall–Kier alpha value is -2.04. The lowest BCUT2D eigenvalue weighted by Gasteiger charge is -1.99. The largest absolute Gasteiger partial charge is 0.464 e. The fourth-order valence-corrected chi connectivity index (χ4v) is 1.07. The summed E-state index contributed by atoms with van der Waals surface area (Å²) in [6.07, 6.45) is 4.55. The van der Waals surface area contributed by atoms with Crippen molar-refractivity contribution in [2.75, 3.05) is 7.11 Å². The fourth-order valence-electron chi connectivity index (χ4n) is 1.07. The van der Waals surface area contributed by atoms with E-state index in [1.165, 1.54) is 13.3 Å². The Morgan fingerprint density at radius 3 is 3.00 bits per heavy atom. The summed E-state index contributed by atoms with van der Waals surface area (Å²) in [5, 5.41) is 0. The van der Waals surface area contributed by atoms with Crippen LogP contribution in [0.5, 0.6) is 0 Å². The first-order valence-corrected chi connectivity index (χ1v) is 3.96. The zero-order chi connectivity index (χ0) is 9.97. The van der Waals surface area contributed by atoms with Gasteiger partial charge in [-0.2, -0.15) is 0 Å². The Morgan fingerprint density at radius 2 is 2.21 bits per heavy atom. The van der Waals surface area contributed by atoms with Crippen LogP contribution in [0.1, 0.15) is 10.5 Å². The Labute approximate surface area is 79.8 Å². The van der Waals surface area contributed by atoms with Gasteiger partial charge in [-0.25, -0.2) is 9.78 Å². The fraction of sp³-hybridized carbons (Fsp3) is 0.111. The van der Waals surface area contributed by atoms with Crippen LogP contribution in [0.2, 0.25) is 0 Å². The Bertz CT molecular complexity index is 484. The van der Waals surface area contributed by atoms with Crippen LogP contribution < -0.4 is 0 Å². The molecule has 0 bridgehead atoms. The summed E-state index contributed by atoms with van der Waals surface area (Å²) in [6.45, 7) is 0. The van der Waals surface area contributed by atoms with Gasteiger partial charge in [-0.1, -0.05) is 0 Å². The molecule has 70 valence electrons. The van der Waals surface area contributed by atoms with E-state index in [0.29, 0.717) is 11.0 Å². The van der Waals surface area contributed by atoms with Gasteiger partial charge in [-0.3, -0.25) is 9.97 Å². The number of methoxy groups -OCH3 is 1. The normalized spacial score (nSPS) is 10.1. The maximum Gasteiger partial charge on any atom is 0.358 e.